The third kappa shape index (κ3) is 39.4. The molecule has 0 fully saturated rings. The monoisotopic (exact) mass is 752 g/mol. The minimum atomic E-state index is -1.13. The Balaban J connectivity index is 3.53. The number of aliphatic hydroxyl groups is 3. The fraction of sp³-hybridized carbons (Fsp3) is 0.979. The second-order valence-corrected chi connectivity index (χ2v) is 17.0. The van der Waals surface area contributed by atoms with E-state index in [1.54, 1.807) is 0 Å². The molecule has 0 aliphatic heterocycles. The van der Waals surface area contributed by atoms with Crippen molar-refractivity contribution in [2.45, 2.75) is 295 Å². The number of amides is 1. The Hall–Kier alpha value is -0.650. The van der Waals surface area contributed by atoms with Crippen molar-refractivity contribution in [3.05, 3.63) is 0 Å². The van der Waals surface area contributed by atoms with Crippen LogP contribution in [0.4, 0.5) is 0 Å². The number of rotatable bonds is 45. The van der Waals surface area contributed by atoms with Gasteiger partial charge < -0.3 is 20.6 Å². The van der Waals surface area contributed by atoms with E-state index in [0.717, 1.165) is 32.1 Å². The lowest BCUT2D eigenvalue weighted by atomic mass is 9.99. The zero-order valence-electron chi connectivity index (χ0n) is 36.2. The molecule has 0 aromatic heterocycles. The first-order valence-electron chi connectivity index (χ1n) is 24.3. The first-order valence-corrected chi connectivity index (χ1v) is 24.3. The van der Waals surface area contributed by atoms with Crippen LogP contribution in [0.15, 0.2) is 0 Å². The van der Waals surface area contributed by atoms with Gasteiger partial charge >= 0.3 is 0 Å². The number of unbranched alkanes of at least 4 members (excludes halogenated alkanes) is 37. The topological polar surface area (TPSA) is 89.8 Å². The molecular formula is C48H97NO4. The predicted octanol–water partition coefficient (Wildman–Crippen LogP) is 14.2. The van der Waals surface area contributed by atoms with E-state index in [2.05, 4.69) is 19.2 Å². The Kier molecular flexibility index (Phi) is 43.5. The van der Waals surface area contributed by atoms with Gasteiger partial charge in [0.2, 0.25) is 5.91 Å². The van der Waals surface area contributed by atoms with Crippen molar-refractivity contribution in [2.24, 2.45) is 0 Å². The number of carbonyl (C=O) groups is 1. The van der Waals surface area contributed by atoms with Gasteiger partial charge in [-0.25, -0.2) is 0 Å². The number of hydrogen-bond donors (Lipinski definition) is 4. The van der Waals surface area contributed by atoms with E-state index in [4.69, 9.17) is 0 Å². The average molecular weight is 752 g/mol. The summed E-state index contributed by atoms with van der Waals surface area (Å²) in [5.41, 5.74) is 0. The smallest absolute Gasteiger partial charge is 0.220 e. The molecular weight excluding hydrogens is 655 g/mol. The molecule has 1 amide bonds. The van der Waals surface area contributed by atoms with Crippen molar-refractivity contribution in [1.82, 2.24) is 5.32 Å². The Bertz CT molecular complexity index is 703. The third-order valence-electron chi connectivity index (χ3n) is 11.7. The quantitative estimate of drug-likeness (QED) is 0.0466. The van der Waals surface area contributed by atoms with Crippen molar-refractivity contribution >= 4 is 5.91 Å². The van der Waals surface area contributed by atoms with Crippen molar-refractivity contribution in [3.8, 4) is 0 Å². The molecule has 3 atom stereocenters. The molecule has 0 heterocycles. The molecule has 0 saturated heterocycles. The second kappa shape index (κ2) is 44.1. The molecule has 0 aliphatic rings. The Labute approximate surface area is 332 Å². The molecule has 0 saturated carbocycles. The first-order chi connectivity index (χ1) is 26.1. The average Bonchev–Trinajstić information content (AvgIpc) is 3.16. The Morgan fingerprint density at radius 3 is 0.906 bits per heavy atom. The normalized spacial score (nSPS) is 13.4. The highest BCUT2D eigenvalue weighted by atomic mass is 16.3. The van der Waals surface area contributed by atoms with E-state index in [1.165, 1.54) is 218 Å². The van der Waals surface area contributed by atoms with Gasteiger partial charge in [-0.05, 0) is 12.8 Å². The van der Waals surface area contributed by atoms with E-state index in [1.807, 2.05) is 0 Å². The lowest BCUT2D eigenvalue weighted by Gasteiger charge is -2.26. The van der Waals surface area contributed by atoms with Gasteiger partial charge in [-0.2, -0.15) is 0 Å². The van der Waals surface area contributed by atoms with Crippen molar-refractivity contribution in [2.75, 3.05) is 6.61 Å². The number of hydrogen-bond acceptors (Lipinski definition) is 4. The van der Waals surface area contributed by atoms with Crippen LogP contribution in [0.2, 0.25) is 0 Å². The summed E-state index contributed by atoms with van der Waals surface area (Å²) in [6.07, 6.45) is 50.8. The molecule has 53 heavy (non-hydrogen) atoms. The van der Waals surface area contributed by atoms with Crippen molar-refractivity contribution in [1.29, 1.82) is 0 Å². The van der Waals surface area contributed by atoms with Crippen LogP contribution in [0, 0.1) is 0 Å². The molecule has 0 radical (unpaired) electrons. The van der Waals surface area contributed by atoms with Gasteiger partial charge in [0, 0.05) is 6.42 Å². The fourth-order valence-corrected chi connectivity index (χ4v) is 7.93. The molecule has 4 N–H and O–H groups in total. The SMILES string of the molecule is CCCCCCCCCCCCCCCCCCCCCCCCCC(O)C(O)C(CO)NC(=O)CCCCCCCCCCCCCCCCCC. The molecule has 0 bridgehead atoms. The minimum absolute atomic E-state index is 0.139. The molecule has 5 nitrogen and oxygen atoms in total. The fourth-order valence-electron chi connectivity index (χ4n) is 7.93. The summed E-state index contributed by atoms with van der Waals surface area (Å²) in [6, 6.07) is -0.803. The predicted molar refractivity (Wildman–Crippen MR) is 232 cm³/mol. The largest absolute Gasteiger partial charge is 0.394 e. The molecule has 3 unspecified atom stereocenters. The molecule has 5 heteroatoms. The molecule has 0 aromatic carbocycles. The summed E-state index contributed by atoms with van der Waals surface area (Å²) in [6.45, 7) is 4.21. The van der Waals surface area contributed by atoms with Gasteiger partial charge in [0.25, 0.3) is 0 Å². The summed E-state index contributed by atoms with van der Waals surface area (Å²) in [7, 11) is 0. The van der Waals surface area contributed by atoms with Gasteiger partial charge in [0.05, 0.1) is 18.8 Å². The maximum atomic E-state index is 12.4. The summed E-state index contributed by atoms with van der Waals surface area (Å²) >= 11 is 0. The van der Waals surface area contributed by atoms with Crippen LogP contribution in [0.5, 0.6) is 0 Å². The lowest BCUT2D eigenvalue weighted by molar-refractivity contribution is -0.124. The number of nitrogens with one attached hydrogen (secondary N) is 1. The molecule has 0 aliphatic carbocycles. The second-order valence-electron chi connectivity index (χ2n) is 17.0. The van der Waals surface area contributed by atoms with Crippen LogP contribution in [0.1, 0.15) is 277 Å². The van der Waals surface area contributed by atoms with Crippen LogP contribution < -0.4 is 5.32 Å². The highest BCUT2D eigenvalue weighted by molar-refractivity contribution is 5.76. The van der Waals surface area contributed by atoms with Crippen molar-refractivity contribution < 1.29 is 20.1 Å². The third-order valence-corrected chi connectivity index (χ3v) is 11.7. The zero-order valence-corrected chi connectivity index (χ0v) is 36.2. The standard InChI is InChI=1S/C48H97NO4/c1-3-5-7-9-11-13-15-17-19-21-22-23-24-25-26-27-28-30-32-34-36-38-40-42-46(51)48(53)45(44-50)49-47(52)43-41-39-37-35-33-31-29-20-18-16-14-12-10-8-6-4-2/h45-46,48,50-51,53H,3-44H2,1-2H3,(H,49,52). The van der Waals surface area contributed by atoms with Crippen molar-refractivity contribution in [3.63, 3.8) is 0 Å². The minimum Gasteiger partial charge on any atom is -0.394 e. The highest BCUT2D eigenvalue weighted by Gasteiger charge is 2.26. The van der Waals surface area contributed by atoms with Gasteiger partial charge in [-0.3, -0.25) is 4.79 Å². The first kappa shape index (κ1) is 52.3. The molecule has 0 aromatic rings. The summed E-state index contributed by atoms with van der Waals surface area (Å²) in [5, 5.41) is 33.7. The van der Waals surface area contributed by atoms with Gasteiger partial charge in [-0.1, -0.05) is 258 Å². The van der Waals surface area contributed by atoms with E-state index in [0.29, 0.717) is 12.8 Å². The van der Waals surface area contributed by atoms with E-state index in [9.17, 15) is 20.1 Å². The van der Waals surface area contributed by atoms with Gasteiger partial charge in [0.15, 0.2) is 0 Å². The van der Waals surface area contributed by atoms with Crippen LogP contribution in [-0.4, -0.2) is 46.1 Å². The number of aliphatic hydroxyl groups excluding tert-OH is 3. The zero-order chi connectivity index (χ0) is 38.7. The summed E-state index contributed by atoms with van der Waals surface area (Å²) < 4.78 is 0. The molecule has 318 valence electrons. The lowest BCUT2D eigenvalue weighted by Crippen LogP contribution is -2.50. The van der Waals surface area contributed by atoms with Crippen LogP contribution in [0.3, 0.4) is 0 Å². The molecule has 0 spiro atoms. The van der Waals surface area contributed by atoms with E-state index < -0.39 is 18.2 Å². The van der Waals surface area contributed by atoms with Gasteiger partial charge in [0.1, 0.15) is 6.10 Å². The Morgan fingerprint density at radius 1 is 0.396 bits per heavy atom. The summed E-state index contributed by atoms with van der Waals surface area (Å²) in [5.74, 6) is -0.139. The summed E-state index contributed by atoms with van der Waals surface area (Å²) in [4.78, 5) is 12.4. The van der Waals surface area contributed by atoms with Crippen LogP contribution >= 0.6 is 0 Å². The van der Waals surface area contributed by atoms with E-state index >= 15 is 0 Å². The maximum absolute atomic E-state index is 12.4. The van der Waals surface area contributed by atoms with Crippen LogP contribution in [-0.2, 0) is 4.79 Å². The maximum Gasteiger partial charge on any atom is 0.220 e. The van der Waals surface area contributed by atoms with Crippen LogP contribution in [0.25, 0.3) is 0 Å². The van der Waals surface area contributed by atoms with Gasteiger partial charge in [-0.15, -0.1) is 0 Å². The van der Waals surface area contributed by atoms with E-state index in [-0.39, 0.29) is 12.5 Å². The highest BCUT2D eigenvalue weighted by Crippen LogP contribution is 2.18. The molecule has 0 rings (SSSR count). The Morgan fingerprint density at radius 2 is 0.642 bits per heavy atom. The number of carbonyl (C=O) groups excluding carboxylic acids is 1.